The number of likely N-dealkylation sites (tertiary alicyclic amines) is 1. The minimum Gasteiger partial charge on any atom is -0.341 e. The van der Waals surface area contributed by atoms with Crippen LogP contribution in [0.1, 0.15) is 29.2 Å². The molecular formula is C22H23ClN2O2S. The van der Waals surface area contributed by atoms with Gasteiger partial charge in [-0.2, -0.15) is 11.8 Å². The number of aromatic nitrogens is 1. The number of nitrogens with zero attached hydrogens (tertiary/aromatic N) is 2. The summed E-state index contributed by atoms with van der Waals surface area (Å²) in [5, 5.41) is 0.712. The van der Waals surface area contributed by atoms with Crippen molar-refractivity contribution in [3.05, 3.63) is 68.6 Å². The van der Waals surface area contributed by atoms with E-state index in [-0.39, 0.29) is 17.4 Å². The Bertz CT molecular complexity index is 967. The van der Waals surface area contributed by atoms with Gasteiger partial charge in [-0.1, -0.05) is 35.9 Å². The summed E-state index contributed by atoms with van der Waals surface area (Å²) in [6.45, 7) is 2.14. The highest BCUT2D eigenvalue weighted by Crippen LogP contribution is 2.37. The van der Waals surface area contributed by atoms with Crippen LogP contribution in [-0.4, -0.2) is 40.5 Å². The molecule has 1 amide bonds. The summed E-state index contributed by atoms with van der Waals surface area (Å²) in [5.41, 5.74) is 3.23. The van der Waals surface area contributed by atoms with Crippen molar-refractivity contribution in [3.63, 3.8) is 0 Å². The summed E-state index contributed by atoms with van der Waals surface area (Å²) in [6.07, 6.45) is 7.10. The molecule has 1 aromatic carbocycles. The zero-order valence-corrected chi connectivity index (χ0v) is 17.4. The Morgan fingerprint density at radius 3 is 2.68 bits per heavy atom. The Kier molecular flexibility index (Phi) is 5.65. The van der Waals surface area contributed by atoms with Crippen LogP contribution < -0.4 is 5.56 Å². The molecule has 2 bridgehead atoms. The van der Waals surface area contributed by atoms with Gasteiger partial charge in [0.25, 0.3) is 5.56 Å². The zero-order chi connectivity index (χ0) is 19.7. The number of thioether (sulfide) groups is 1. The molecule has 0 unspecified atom stereocenters. The molecule has 0 spiro atoms. The molecule has 2 atom stereocenters. The highest BCUT2D eigenvalue weighted by molar-refractivity contribution is 7.99. The highest BCUT2D eigenvalue weighted by Gasteiger charge is 2.37. The summed E-state index contributed by atoms with van der Waals surface area (Å²) in [5.74, 6) is 1.28. The van der Waals surface area contributed by atoms with Crippen molar-refractivity contribution in [2.45, 2.75) is 18.9 Å². The molecule has 6 heteroatoms. The van der Waals surface area contributed by atoms with Crippen molar-refractivity contribution < 1.29 is 4.79 Å². The number of benzene rings is 1. The van der Waals surface area contributed by atoms with E-state index in [9.17, 15) is 9.59 Å². The van der Waals surface area contributed by atoms with Gasteiger partial charge in [0.1, 0.15) is 0 Å². The lowest BCUT2D eigenvalue weighted by atomic mass is 9.81. The smallest absolute Gasteiger partial charge is 0.250 e. The summed E-state index contributed by atoms with van der Waals surface area (Å²) in [7, 11) is 0. The van der Waals surface area contributed by atoms with Crippen LogP contribution in [0.2, 0.25) is 5.02 Å². The molecule has 1 saturated heterocycles. The van der Waals surface area contributed by atoms with Crippen LogP contribution in [0.3, 0.4) is 0 Å². The number of piperidine rings is 1. The summed E-state index contributed by atoms with van der Waals surface area (Å²) in [6, 6.07) is 11.2. The quantitative estimate of drug-likeness (QED) is 0.759. The third kappa shape index (κ3) is 3.91. The fourth-order valence-electron chi connectivity index (χ4n) is 4.37. The molecule has 4 rings (SSSR count). The number of hydrogen-bond donors (Lipinski definition) is 0. The van der Waals surface area contributed by atoms with Gasteiger partial charge < -0.3 is 9.47 Å². The van der Waals surface area contributed by atoms with Crippen molar-refractivity contribution in [1.29, 1.82) is 0 Å². The van der Waals surface area contributed by atoms with Crippen molar-refractivity contribution in [3.8, 4) is 0 Å². The van der Waals surface area contributed by atoms with E-state index in [0.717, 1.165) is 29.8 Å². The van der Waals surface area contributed by atoms with E-state index in [1.165, 1.54) is 0 Å². The number of halogens is 1. The molecule has 1 fully saturated rings. The standard InChI is InChI=1S/C22H23ClN2O2S/c1-28-14-21(27)24-11-16-10-18(13-24)22-17(6-9-20(26)25(22)12-16)5-2-15-3-7-19(23)8-4-15/h2-9,16,18H,10-14H2,1H3/t16-,18-/m1/s1. The fraction of sp³-hybridized carbons (Fsp3) is 0.364. The molecule has 2 aliphatic rings. The van der Waals surface area contributed by atoms with Gasteiger partial charge in [-0.15, -0.1) is 0 Å². The number of carbonyl (C=O) groups is 1. The zero-order valence-electron chi connectivity index (χ0n) is 15.8. The lowest BCUT2D eigenvalue weighted by Crippen LogP contribution is -2.49. The van der Waals surface area contributed by atoms with Gasteiger partial charge in [0.2, 0.25) is 5.91 Å². The van der Waals surface area contributed by atoms with Crippen molar-refractivity contribution >= 4 is 41.4 Å². The van der Waals surface area contributed by atoms with Gasteiger partial charge in [-0.25, -0.2) is 0 Å². The van der Waals surface area contributed by atoms with Crippen molar-refractivity contribution in [2.24, 2.45) is 5.92 Å². The first-order chi connectivity index (χ1) is 13.5. The molecule has 0 N–H and O–H groups in total. The number of pyridine rings is 1. The molecule has 3 heterocycles. The van der Waals surface area contributed by atoms with Crippen molar-refractivity contribution in [2.75, 3.05) is 25.1 Å². The summed E-state index contributed by atoms with van der Waals surface area (Å²) < 4.78 is 1.93. The maximum atomic E-state index is 12.5. The van der Waals surface area contributed by atoms with E-state index in [1.807, 2.05) is 52.1 Å². The fourth-order valence-corrected chi connectivity index (χ4v) is 4.92. The Morgan fingerprint density at radius 1 is 1.14 bits per heavy atom. The van der Waals surface area contributed by atoms with Crippen LogP contribution in [-0.2, 0) is 11.3 Å². The average molecular weight is 415 g/mol. The van der Waals surface area contributed by atoms with Crippen molar-refractivity contribution in [1.82, 2.24) is 9.47 Å². The lowest BCUT2D eigenvalue weighted by molar-refractivity contribution is -0.131. The van der Waals surface area contributed by atoms with E-state index in [4.69, 9.17) is 11.6 Å². The Morgan fingerprint density at radius 2 is 1.93 bits per heavy atom. The Hall–Kier alpha value is -1.98. The first-order valence-corrected chi connectivity index (χ1v) is 11.3. The van der Waals surface area contributed by atoms with Crippen LogP contribution >= 0.6 is 23.4 Å². The molecule has 0 aliphatic carbocycles. The van der Waals surface area contributed by atoms with E-state index in [2.05, 4.69) is 6.08 Å². The number of rotatable bonds is 4. The first kappa shape index (κ1) is 19.3. The van der Waals surface area contributed by atoms with E-state index >= 15 is 0 Å². The SMILES string of the molecule is CSCC(=O)N1C[C@H]2C[C@H](C1)c1c(C=Cc3ccc(Cl)cc3)ccc(=O)n1C2. The second-order valence-corrected chi connectivity index (χ2v) is 8.84. The first-order valence-electron chi connectivity index (χ1n) is 9.49. The predicted octanol–water partition coefficient (Wildman–Crippen LogP) is 3.98. The monoisotopic (exact) mass is 414 g/mol. The summed E-state index contributed by atoms with van der Waals surface area (Å²) >= 11 is 7.53. The largest absolute Gasteiger partial charge is 0.341 e. The minimum absolute atomic E-state index is 0.0530. The van der Waals surface area contributed by atoms with Gasteiger partial charge >= 0.3 is 0 Å². The van der Waals surface area contributed by atoms with Gasteiger partial charge in [0, 0.05) is 42.3 Å². The van der Waals surface area contributed by atoms with E-state index in [1.54, 1.807) is 17.8 Å². The second-order valence-electron chi connectivity index (χ2n) is 7.54. The molecule has 0 saturated carbocycles. The van der Waals surface area contributed by atoms with Crippen LogP contribution in [0, 0.1) is 5.92 Å². The third-order valence-electron chi connectivity index (χ3n) is 5.57. The van der Waals surface area contributed by atoms with E-state index < -0.39 is 0 Å². The van der Waals surface area contributed by atoms with Crippen LogP contribution in [0.25, 0.3) is 12.2 Å². The third-order valence-corrected chi connectivity index (χ3v) is 6.36. The predicted molar refractivity (Wildman–Crippen MR) is 117 cm³/mol. The van der Waals surface area contributed by atoms with Gasteiger partial charge in [-0.05, 0) is 47.9 Å². The number of amides is 1. The molecule has 0 radical (unpaired) electrons. The van der Waals surface area contributed by atoms with E-state index in [0.29, 0.717) is 29.8 Å². The van der Waals surface area contributed by atoms with Crippen LogP contribution in [0.15, 0.2) is 41.2 Å². The number of hydrogen-bond acceptors (Lipinski definition) is 3. The molecule has 28 heavy (non-hydrogen) atoms. The molecule has 2 aromatic rings. The number of carbonyl (C=O) groups excluding carboxylic acids is 1. The van der Waals surface area contributed by atoms with Gasteiger partial charge in [0.15, 0.2) is 0 Å². The molecule has 2 aliphatic heterocycles. The maximum absolute atomic E-state index is 12.5. The second kappa shape index (κ2) is 8.18. The highest BCUT2D eigenvalue weighted by atomic mass is 35.5. The van der Waals surface area contributed by atoms with Crippen LogP contribution in [0.5, 0.6) is 0 Å². The maximum Gasteiger partial charge on any atom is 0.250 e. The van der Waals surface area contributed by atoms with Gasteiger partial charge in [0.05, 0.1) is 5.75 Å². The molecular weight excluding hydrogens is 392 g/mol. The average Bonchev–Trinajstić information content (AvgIpc) is 2.69. The minimum atomic E-state index is 0.0530. The topological polar surface area (TPSA) is 42.3 Å². The normalized spacial score (nSPS) is 21.0. The molecule has 146 valence electrons. The van der Waals surface area contributed by atoms with Gasteiger partial charge in [-0.3, -0.25) is 9.59 Å². The molecule has 4 nitrogen and oxygen atoms in total. The molecule has 1 aromatic heterocycles. The number of fused-ring (bicyclic) bond motifs is 4. The Labute approximate surface area is 174 Å². The Balaban J connectivity index is 1.67. The van der Waals surface area contributed by atoms with Crippen LogP contribution in [0.4, 0.5) is 0 Å². The lowest BCUT2D eigenvalue weighted by Gasteiger charge is -2.43. The summed E-state index contributed by atoms with van der Waals surface area (Å²) in [4.78, 5) is 26.9.